The molecule has 1 rings (SSSR count). The predicted octanol–water partition coefficient (Wildman–Crippen LogP) is 2.52. The molecule has 0 aromatic heterocycles. The van der Waals surface area contributed by atoms with Gasteiger partial charge >= 0.3 is 6.09 Å². The van der Waals surface area contributed by atoms with Gasteiger partial charge in [-0.15, -0.1) is 24.0 Å². The van der Waals surface area contributed by atoms with E-state index in [2.05, 4.69) is 20.9 Å². The first-order valence-electron chi connectivity index (χ1n) is 8.96. The van der Waals surface area contributed by atoms with E-state index in [1.165, 1.54) is 0 Å². The second-order valence-corrected chi connectivity index (χ2v) is 6.77. The van der Waals surface area contributed by atoms with Crippen LogP contribution in [0.4, 0.5) is 4.79 Å². The molecule has 0 aliphatic rings. The second-order valence-electron chi connectivity index (χ2n) is 6.77. The zero-order chi connectivity index (χ0) is 20.1. The van der Waals surface area contributed by atoms with Gasteiger partial charge in [0.05, 0.1) is 6.61 Å². The highest BCUT2D eigenvalue weighted by molar-refractivity contribution is 14.0. The molecule has 28 heavy (non-hydrogen) atoms. The molecule has 0 spiro atoms. The van der Waals surface area contributed by atoms with E-state index in [0.717, 1.165) is 11.3 Å². The van der Waals surface area contributed by atoms with Gasteiger partial charge in [-0.3, -0.25) is 4.99 Å². The summed E-state index contributed by atoms with van der Waals surface area (Å²) in [6.07, 6.45) is -0.431. The van der Waals surface area contributed by atoms with E-state index in [-0.39, 0.29) is 24.0 Å². The first-order valence-corrected chi connectivity index (χ1v) is 8.96. The van der Waals surface area contributed by atoms with Crippen molar-refractivity contribution in [2.75, 3.05) is 40.5 Å². The van der Waals surface area contributed by atoms with Crippen molar-refractivity contribution in [2.45, 2.75) is 32.9 Å². The Morgan fingerprint density at radius 3 is 2.25 bits per heavy atom. The van der Waals surface area contributed by atoms with Crippen molar-refractivity contribution in [2.24, 2.45) is 4.99 Å². The van der Waals surface area contributed by atoms with Crippen LogP contribution < -0.4 is 20.7 Å². The van der Waals surface area contributed by atoms with E-state index in [0.29, 0.717) is 38.8 Å². The Balaban J connectivity index is 0.00000729. The van der Waals surface area contributed by atoms with Gasteiger partial charge < -0.3 is 30.2 Å². The maximum Gasteiger partial charge on any atom is 0.407 e. The zero-order valence-corrected chi connectivity index (χ0v) is 19.7. The average molecular weight is 508 g/mol. The standard InChI is InChI=1S/C19H32N4O4.HI/c1-19(2,3)27-18(24)22-11-10-21-17(20-4)23-14-15-6-8-16(9-7-15)26-13-12-25-5;/h6-9H,10-14H2,1-5H3,(H,22,24)(H2,20,21,23);1H. The number of carbonyl (C=O) groups is 1. The molecule has 1 amide bonds. The molecular weight excluding hydrogens is 475 g/mol. The highest BCUT2D eigenvalue weighted by atomic mass is 127. The number of nitrogens with one attached hydrogen (secondary N) is 3. The topological polar surface area (TPSA) is 93.2 Å². The number of methoxy groups -OCH3 is 1. The van der Waals surface area contributed by atoms with Crippen LogP contribution in [0.1, 0.15) is 26.3 Å². The minimum atomic E-state index is -0.501. The largest absolute Gasteiger partial charge is 0.491 e. The van der Waals surface area contributed by atoms with Gasteiger partial charge in [-0.05, 0) is 38.5 Å². The first-order chi connectivity index (χ1) is 12.8. The summed E-state index contributed by atoms with van der Waals surface area (Å²) in [5.41, 5.74) is 0.600. The normalized spacial score (nSPS) is 11.2. The summed E-state index contributed by atoms with van der Waals surface area (Å²) >= 11 is 0. The van der Waals surface area contributed by atoms with Gasteiger partial charge in [-0.25, -0.2) is 4.79 Å². The molecule has 0 atom stereocenters. The zero-order valence-electron chi connectivity index (χ0n) is 17.3. The number of ether oxygens (including phenoxy) is 3. The van der Waals surface area contributed by atoms with Crippen LogP contribution in [0.15, 0.2) is 29.3 Å². The molecular formula is C19H33IN4O4. The summed E-state index contributed by atoms with van der Waals surface area (Å²) in [7, 11) is 3.34. The smallest absolute Gasteiger partial charge is 0.407 e. The van der Waals surface area contributed by atoms with Gasteiger partial charge in [-0.1, -0.05) is 12.1 Å². The third-order valence-corrected chi connectivity index (χ3v) is 3.25. The highest BCUT2D eigenvalue weighted by Gasteiger charge is 2.15. The Kier molecular flexibility index (Phi) is 13.4. The molecule has 0 saturated heterocycles. The molecule has 1 aromatic rings. The summed E-state index contributed by atoms with van der Waals surface area (Å²) in [4.78, 5) is 15.7. The number of aliphatic imine (C=N–C) groups is 1. The van der Waals surface area contributed by atoms with E-state index in [1.54, 1.807) is 14.2 Å². The number of nitrogens with zero attached hydrogens (tertiary/aromatic N) is 1. The summed E-state index contributed by atoms with van der Waals surface area (Å²) in [6.45, 7) is 8.17. The molecule has 0 radical (unpaired) electrons. The minimum absolute atomic E-state index is 0. The van der Waals surface area contributed by atoms with E-state index in [4.69, 9.17) is 14.2 Å². The van der Waals surface area contributed by atoms with Crippen molar-refractivity contribution in [1.29, 1.82) is 0 Å². The van der Waals surface area contributed by atoms with Crippen LogP contribution in [-0.4, -0.2) is 58.1 Å². The van der Waals surface area contributed by atoms with Crippen LogP contribution in [0.2, 0.25) is 0 Å². The van der Waals surface area contributed by atoms with Crippen LogP contribution in [0, 0.1) is 0 Å². The number of benzene rings is 1. The lowest BCUT2D eigenvalue weighted by atomic mass is 10.2. The first kappa shape index (κ1) is 26.2. The molecule has 0 saturated carbocycles. The number of guanidine groups is 1. The monoisotopic (exact) mass is 508 g/mol. The maximum atomic E-state index is 11.6. The molecule has 3 N–H and O–H groups in total. The van der Waals surface area contributed by atoms with Gasteiger partial charge in [0.2, 0.25) is 0 Å². The van der Waals surface area contributed by atoms with Crippen molar-refractivity contribution in [3.8, 4) is 5.75 Å². The van der Waals surface area contributed by atoms with Crippen LogP contribution in [0.3, 0.4) is 0 Å². The van der Waals surface area contributed by atoms with Crippen LogP contribution >= 0.6 is 24.0 Å². The van der Waals surface area contributed by atoms with Crippen molar-refractivity contribution >= 4 is 36.0 Å². The van der Waals surface area contributed by atoms with Gasteiger partial charge in [-0.2, -0.15) is 0 Å². The number of rotatable bonds is 9. The molecule has 0 unspecified atom stereocenters. The van der Waals surface area contributed by atoms with Crippen molar-refractivity contribution in [1.82, 2.24) is 16.0 Å². The summed E-state index contributed by atoms with van der Waals surface area (Å²) in [5.74, 6) is 1.47. The fraction of sp³-hybridized carbons (Fsp3) is 0.579. The lowest BCUT2D eigenvalue weighted by Crippen LogP contribution is -2.42. The minimum Gasteiger partial charge on any atom is -0.491 e. The third-order valence-electron chi connectivity index (χ3n) is 3.25. The number of halogens is 1. The molecule has 0 aliphatic heterocycles. The van der Waals surface area contributed by atoms with E-state index in [9.17, 15) is 4.79 Å². The lowest BCUT2D eigenvalue weighted by molar-refractivity contribution is 0.0529. The summed E-state index contributed by atoms with van der Waals surface area (Å²) in [6, 6.07) is 7.83. The highest BCUT2D eigenvalue weighted by Crippen LogP contribution is 2.12. The van der Waals surface area contributed by atoms with E-state index in [1.807, 2.05) is 45.0 Å². The average Bonchev–Trinajstić information content (AvgIpc) is 2.61. The Morgan fingerprint density at radius 1 is 1.04 bits per heavy atom. The number of hydrogen-bond donors (Lipinski definition) is 3. The second kappa shape index (κ2) is 14.3. The van der Waals surface area contributed by atoms with Gasteiger partial charge in [0.1, 0.15) is 18.0 Å². The lowest BCUT2D eigenvalue weighted by Gasteiger charge is -2.20. The Bertz CT molecular complexity index is 589. The Morgan fingerprint density at radius 2 is 1.68 bits per heavy atom. The van der Waals surface area contributed by atoms with Crippen LogP contribution in [-0.2, 0) is 16.0 Å². The van der Waals surface area contributed by atoms with Crippen LogP contribution in [0.25, 0.3) is 0 Å². The molecule has 8 nitrogen and oxygen atoms in total. The predicted molar refractivity (Wildman–Crippen MR) is 122 cm³/mol. The van der Waals surface area contributed by atoms with E-state index >= 15 is 0 Å². The summed E-state index contributed by atoms with van der Waals surface area (Å²) < 4.78 is 15.7. The van der Waals surface area contributed by atoms with Crippen molar-refractivity contribution in [3.05, 3.63) is 29.8 Å². The number of alkyl carbamates (subject to hydrolysis) is 1. The number of carbonyl (C=O) groups excluding carboxylic acids is 1. The fourth-order valence-corrected chi connectivity index (χ4v) is 2.01. The molecule has 0 bridgehead atoms. The maximum absolute atomic E-state index is 11.6. The number of hydrogen-bond acceptors (Lipinski definition) is 5. The fourth-order valence-electron chi connectivity index (χ4n) is 2.01. The Hall–Kier alpha value is -1.75. The molecule has 1 aromatic carbocycles. The van der Waals surface area contributed by atoms with Gasteiger partial charge in [0.25, 0.3) is 0 Å². The van der Waals surface area contributed by atoms with Gasteiger partial charge in [0, 0.05) is 33.8 Å². The quantitative estimate of drug-likeness (QED) is 0.206. The summed E-state index contributed by atoms with van der Waals surface area (Å²) in [5, 5.41) is 9.04. The molecule has 0 fully saturated rings. The molecule has 160 valence electrons. The SMILES string of the molecule is CN=C(NCCNC(=O)OC(C)(C)C)NCc1ccc(OCCOC)cc1.I. The third kappa shape index (κ3) is 12.6. The van der Waals surface area contributed by atoms with Crippen LogP contribution in [0.5, 0.6) is 5.75 Å². The number of amides is 1. The Labute approximate surface area is 184 Å². The molecule has 0 heterocycles. The van der Waals surface area contributed by atoms with Crippen molar-refractivity contribution < 1.29 is 19.0 Å². The van der Waals surface area contributed by atoms with Gasteiger partial charge in [0.15, 0.2) is 5.96 Å². The van der Waals surface area contributed by atoms with E-state index < -0.39 is 11.7 Å². The van der Waals surface area contributed by atoms with Crippen molar-refractivity contribution in [3.63, 3.8) is 0 Å². The molecule has 0 aliphatic carbocycles. The molecule has 9 heteroatoms.